The van der Waals surface area contributed by atoms with Crippen LogP contribution in [0.15, 0.2) is 4.79 Å². The van der Waals surface area contributed by atoms with Gasteiger partial charge in [-0.3, -0.25) is 4.79 Å². The number of nitrogens with one attached hydrogen (secondary N) is 2. The lowest BCUT2D eigenvalue weighted by atomic mass is 10.1. The first kappa shape index (κ1) is 11.3. The van der Waals surface area contributed by atoms with Gasteiger partial charge in [-0.15, -0.1) is 0 Å². The topological polar surface area (TPSA) is 67.0 Å². The Kier molecular flexibility index (Phi) is 3.36. The van der Waals surface area contributed by atoms with Gasteiger partial charge in [-0.1, -0.05) is 0 Å². The van der Waals surface area contributed by atoms with E-state index in [1.165, 1.54) is 0 Å². The van der Waals surface area contributed by atoms with Crippen molar-refractivity contribution in [3.05, 3.63) is 27.4 Å². The molecule has 1 aliphatic rings. The molecule has 16 heavy (non-hydrogen) atoms. The van der Waals surface area contributed by atoms with Gasteiger partial charge < -0.3 is 15.0 Å². The Morgan fingerprint density at radius 3 is 3.12 bits per heavy atom. The molecular formula is C11H17N3O2. The zero-order valence-electron chi connectivity index (χ0n) is 9.67. The van der Waals surface area contributed by atoms with Gasteiger partial charge in [0.15, 0.2) is 0 Å². The molecule has 2 heterocycles. The number of ether oxygens (including phenoxy) is 1. The Bertz CT molecular complexity index is 428. The van der Waals surface area contributed by atoms with Crippen molar-refractivity contribution in [2.75, 3.05) is 13.2 Å². The summed E-state index contributed by atoms with van der Waals surface area (Å²) in [5.41, 5.74) is 1.63. The van der Waals surface area contributed by atoms with E-state index in [4.69, 9.17) is 4.74 Å². The molecule has 0 saturated heterocycles. The minimum absolute atomic E-state index is 0.0428. The van der Waals surface area contributed by atoms with Crippen LogP contribution in [-0.4, -0.2) is 23.1 Å². The predicted octanol–water partition coefficient (Wildman–Crippen LogP) is 0.513. The fourth-order valence-electron chi connectivity index (χ4n) is 1.89. The van der Waals surface area contributed by atoms with Gasteiger partial charge in [0.05, 0.1) is 11.3 Å². The Labute approximate surface area is 94.2 Å². The first-order valence-electron chi connectivity index (χ1n) is 5.66. The lowest BCUT2D eigenvalue weighted by Crippen LogP contribution is -2.32. The van der Waals surface area contributed by atoms with Gasteiger partial charge in [0, 0.05) is 26.1 Å². The highest BCUT2D eigenvalue weighted by Gasteiger charge is 2.17. The molecule has 5 heteroatoms. The number of aromatic amines is 1. The Morgan fingerprint density at radius 2 is 2.38 bits per heavy atom. The summed E-state index contributed by atoms with van der Waals surface area (Å²) in [5.74, 6) is 0.632. The molecule has 0 aliphatic carbocycles. The maximum atomic E-state index is 11.8. The standard InChI is InChI=1S/C11H17N3O2/c1-3-16-7(2)10-13-9-4-5-12-6-8(9)11(15)14-10/h7,12H,3-6H2,1-2H3,(H,13,14,15). The largest absolute Gasteiger partial charge is 0.371 e. The second-order valence-corrected chi connectivity index (χ2v) is 3.90. The molecule has 0 radical (unpaired) electrons. The van der Waals surface area contributed by atoms with Gasteiger partial charge in [0.1, 0.15) is 11.9 Å². The number of hydrogen-bond donors (Lipinski definition) is 2. The number of fused-ring (bicyclic) bond motifs is 1. The van der Waals surface area contributed by atoms with E-state index in [9.17, 15) is 4.79 Å². The number of hydrogen-bond acceptors (Lipinski definition) is 4. The molecule has 1 aromatic heterocycles. The minimum Gasteiger partial charge on any atom is -0.371 e. The van der Waals surface area contributed by atoms with Crippen molar-refractivity contribution in [1.29, 1.82) is 0 Å². The summed E-state index contributed by atoms with van der Waals surface area (Å²) in [7, 11) is 0. The fourth-order valence-corrected chi connectivity index (χ4v) is 1.89. The molecule has 88 valence electrons. The highest BCUT2D eigenvalue weighted by molar-refractivity contribution is 5.20. The molecule has 0 bridgehead atoms. The highest BCUT2D eigenvalue weighted by Crippen LogP contribution is 2.13. The summed E-state index contributed by atoms with van der Waals surface area (Å²) in [6, 6.07) is 0. The van der Waals surface area contributed by atoms with Gasteiger partial charge in [-0.05, 0) is 13.8 Å². The zero-order chi connectivity index (χ0) is 11.5. The zero-order valence-corrected chi connectivity index (χ0v) is 9.67. The lowest BCUT2D eigenvalue weighted by molar-refractivity contribution is 0.0696. The van der Waals surface area contributed by atoms with Crippen LogP contribution in [-0.2, 0) is 17.7 Å². The van der Waals surface area contributed by atoms with Crippen molar-refractivity contribution in [3.63, 3.8) is 0 Å². The van der Waals surface area contributed by atoms with Crippen LogP contribution in [0.3, 0.4) is 0 Å². The SMILES string of the molecule is CCOC(C)c1nc2c(c(=O)[nH]1)CNCC2. The molecule has 0 amide bonds. The third-order valence-corrected chi connectivity index (χ3v) is 2.76. The summed E-state index contributed by atoms with van der Waals surface area (Å²) < 4.78 is 5.43. The average molecular weight is 223 g/mol. The van der Waals surface area contributed by atoms with E-state index >= 15 is 0 Å². The second-order valence-electron chi connectivity index (χ2n) is 3.90. The average Bonchev–Trinajstić information content (AvgIpc) is 2.29. The van der Waals surface area contributed by atoms with Crippen molar-refractivity contribution >= 4 is 0 Å². The van der Waals surface area contributed by atoms with E-state index in [1.807, 2.05) is 13.8 Å². The number of aromatic nitrogens is 2. The molecule has 5 nitrogen and oxygen atoms in total. The highest BCUT2D eigenvalue weighted by atomic mass is 16.5. The summed E-state index contributed by atoms with van der Waals surface area (Å²) in [5, 5.41) is 3.16. The van der Waals surface area contributed by atoms with Crippen LogP contribution in [0.1, 0.15) is 37.0 Å². The van der Waals surface area contributed by atoms with E-state index in [0.717, 1.165) is 24.2 Å². The molecule has 1 aliphatic heterocycles. The first-order valence-corrected chi connectivity index (χ1v) is 5.66. The van der Waals surface area contributed by atoms with Crippen LogP contribution in [0, 0.1) is 0 Å². The van der Waals surface area contributed by atoms with Crippen LogP contribution < -0.4 is 10.9 Å². The fraction of sp³-hybridized carbons (Fsp3) is 0.636. The van der Waals surface area contributed by atoms with Gasteiger partial charge >= 0.3 is 0 Å². The summed E-state index contributed by atoms with van der Waals surface area (Å²) in [6.45, 7) is 5.93. The van der Waals surface area contributed by atoms with Gasteiger partial charge in [0.2, 0.25) is 0 Å². The summed E-state index contributed by atoms with van der Waals surface area (Å²) in [4.78, 5) is 19.1. The van der Waals surface area contributed by atoms with Gasteiger partial charge in [0.25, 0.3) is 5.56 Å². The number of H-pyrrole nitrogens is 1. The van der Waals surface area contributed by atoms with Crippen molar-refractivity contribution in [1.82, 2.24) is 15.3 Å². The maximum absolute atomic E-state index is 11.8. The van der Waals surface area contributed by atoms with E-state index in [1.54, 1.807) is 0 Å². The number of nitrogens with zero attached hydrogens (tertiary/aromatic N) is 1. The monoisotopic (exact) mass is 223 g/mol. The van der Waals surface area contributed by atoms with Crippen LogP contribution >= 0.6 is 0 Å². The molecule has 1 unspecified atom stereocenters. The predicted molar refractivity (Wildman–Crippen MR) is 60.3 cm³/mol. The van der Waals surface area contributed by atoms with E-state index in [2.05, 4.69) is 15.3 Å². The minimum atomic E-state index is -0.155. The quantitative estimate of drug-likeness (QED) is 0.783. The van der Waals surface area contributed by atoms with Crippen LogP contribution in [0.25, 0.3) is 0 Å². The third-order valence-electron chi connectivity index (χ3n) is 2.76. The van der Waals surface area contributed by atoms with Crippen LogP contribution in [0.5, 0.6) is 0 Å². The maximum Gasteiger partial charge on any atom is 0.255 e. The van der Waals surface area contributed by atoms with E-state index in [0.29, 0.717) is 19.0 Å². The molecule has 0 saturated carbocycles. The molecule has 2 N–H and O–H groups in total. The normalized spacial score (nSPS) is 16.9. The molecule has 2 rings (SSSR count). The Balaban J connectivity index is 2.35. The molecule has 0 aromatic carbocycles. The Hall–Kier alpha value is -1.20. The summed E-state index contributed by atoms with van der Waals surface area (Å²) in [6.07, 6.45) is 0.656. The van der Waals surface area contributed by atoms with E-state index in [-0.39, 0.29) is 11.7 Å². The molecule has 1 aromatic rings. The van der Waals surface area contributed by atoms with E-state index < -0.39 is 0 Å². The number of rotatable bonds is 3. The van der Waals surface area contributed by atoms with Gasteiger partial charge in [-0.25, -0.2) is 4.98 Å². The second kappa shape index (κ2) is 4.76. The molecular weight excluding hydrogens is 206 g/mol. The van der Waals surface area contributed by atoms with Crippen molar-refractivity contribution in [2.24, 2.45) is 0 Å². The molecule has 1 atom stereocenters. The lowest BCUT2D eigenvalue weighted by Gasteiger charge is -2.18. The van der Waals surface area contributed by atoms with Crippen molar-refractivity contribution < 1.29 is 4.74 Å². The van der Waals surface area contributed by atoms with Crippen molar-refractivity contribution in [2.45, 2.75) is 32.9 Å². The molecule has 0 spiro atoms. The van der Waals surface area contributed by atoms with Gasteiger partial charge in [-0.2, -0.15) is 0 Å². The van der Waals surface area contributed by atoms with Crippen molar-refractivity contribution in [3.8, 4) is 0 Å². The van der Waals surface area contributed by atoms with Crippen LogP contribution in [0.4, 0.5) is 0 Å². The molecule has 0 fully saturated rings. The Morgan fingerprint density at radius 1 is 1.56 bits per heavy atom. The van der Waals surface area contributed by atoms with Crippen LogP contribution in [0.2, 0.25) is 0 Å². The third kappa shape index (κ3) is 2.15. The first-order chi connectivity index (χ1) is 7.72. The summed E-state index contributed by atoms with van der Waals surface area (Å²) >= 11 is 0. The smallest absolute Gasteiger partial charge is 0.255 e.